The van der Waals surface area contributed by atoms with Gasteiger partial charge in [-0.25, -0.2) is 0 Å². The molecule has 1 aromatic heterocycles. The van der Waals surface area contributed by atoms with E-state index in [2.05, 4.69) is 54.5 Å². The molecule has 3 saturated heterocycles. The van der Waals surface area contributed by atoms with Gasteiger partial charge >= 0.3 is 0 Å². The number of nitrogens with two attached hydrogens (primary N) is 1. The van der Waals surface area contributed by atoms with E-state index in [1.165, 1.54) is 5.69 Å². The summed E-state index contributed by atoms with van der Waals surface area (Å²) in [4.78, 5) is 7.35. The van der Waals surface area contributed by atoms with Crippen molar-refractivity contribution in [3.63, 3.8) is 0 Å². The van der Waals surface area contributed by atoms with Crippen molar-refractivity contribution in [3.05, 3.63) is 54.6 Å². The number of phenols is 1. The van der Waals surface area contributed by atoms with Crippen molar-refractivity contribution < 1.29 is 9.84 Å². The molecule has 0 aliphatic carbocycles. The van der Waals surface area contributed by atoms with Crippen LogP contribution in [0.2, 0.25) is 0 Å². The maximum atomic E-state index is 10.3. The van der Waals surface area contributed by atoms with Crippen LogP contribution < -0.4 is 25.6 Å². The Morgan fingerprint density at radius 1 is 0.946 bits per heavy atom. The summed E-state index contributed by atoms with van der Waals surface area (Å²) in [7, 11) is 0. The highest BCUT2D eigenvalue weighted by atomic mass is 16.5. The molecule has 0 saturated carbocycles. The van der Waals surface area contributed by atoms with Gasteiger partial charge in [-0.2, -0.15) is 0 Å². The Hall–Kier alpha value is -3.56. The van der Waals surface area contributed by atoms with E-state index < -0.39 is 0 Å². The Labute approximate surface area is 217 Å². The Kier molecular flexibility index (Phi) is 6.72. The first-order valence-corrected chi connectivity index (χ1v) is 13.3. The molecular formula is C28H35N7O2. The molecular weight excluding hydrogens is 466 g/mol. The van der Waals surface area contributed by atoms with Crippen molar-refractivity contribution in [1.29, 1.82) is 0 Å². The van der Waals surface area contributed by atoms with Crippen LogP contribution >= 0.6 is 0 Å². The van der Waals surface area contributed by atoms with E-state index in [1.54, 1.807) is 12.1 Å². The average Bonchev–Trinajstić information content (AvgIpc) is 3.19. The van der Waals surface area contributed by atoms with Crippen LogP contribution in [0.4, 0.5) is 17.2 Å². The molecule has 37 heavy (non-hydrogen) atoms. The van der Waals surface area contributed by atoms with Gasteiger partial charge in [-0.3, -0.25) is 4.90 Å². The van der Waals surface area contributed by atoms with E-state index in [4.69, 9.17) is 10.5 Å². The van der Waals surface area contributed by atoms with Gasteiger partial charge < -0.3 is 30.7 Å². The summed E-state index contributed by atoms with van der Waals surface area (Å²) in [5.41, 5.74) is 9.66. The monoisotopic (exact) mass is 501 g/mol. The van der Waals surface area contributed by atoms with E-state index in [1.807, 2.05) is 18.2 Å². The molecule has 4 N–H and O–H groups in total. The second-order valence-electron chi connectivity index (χ2n) is 10.1. The molecule has 0 amide bonds. The minimum absolute atomic E-state index is 0.186. The molecule has 2 aromatic carbocycles. The quantitative estimate of drug-likeness (QED) is 0.451. The third kappa shape index (κ3) is 4.89. The number of piperazine rings is 2. The van der Waals surface area contributed by atoms with E-state index in [0.29, 0.717) is 35.8 Å². The molecule has 2 atom stereocenters. The minimum Gasteiger partial charge on any atom is -0.507 e. The van der Waals surface area contributed by atoms with Crippen molar-refractivity contribution in [1.82, 2.24) is 20.4 Å². The highest BCUT2D eigenvalue weighted by molar-refractivity contribution is 5.74. The largest absolute Gasteiger partial charge is 0.507 e. The Balaban J connectivity index is 1.18. The van der Waals surface area contributed by atoms with E-state index in [-0.39, 0.29) is 5.75 Å². The van der Waals surface area contributed by atoms with Crippen molar-refractivity contribution in [2.45, 2.75) is 24.9 Å². The fraction of sp³-hybridized carbons (Fsp3) is 0.429. The van der Waals surface area contributed by atoms with Crippen LogP contribution in [-0.4, -0.2) is 84.7 Å². The molecule has 0 unspecified atom stereocenters. The smallest absolute Gasteiger partial charge is 0.169 e. The molecule has 3 aliphatic rings. The summed E-state index contributed by atoms with van der Waals surface area (Å²) >= 11 is 0. The number of benzene rings is 2. The molecule has 9 nitrogen and oxygen atoms in total. The molecule has 0 radical (unpaired) electrons. The van der Waals surface area contributed by atoms with Crippen LogP contribution in [0.1, 0.15) is 12.8 Å². The minimum atomic E-state index is 0.186. The number of ether oxygens (including phenoxy) is 1. The second-order valence-corrected chi connectivity index (χ2v) is 10.1. The zero-order chi connectivity index (χ0) is 25.2. The maximum Gasteiger partial charge on any atom is 0.169 e. The van der Waals surface area contributed by atoms with Crippen LogP contribution in [0, 0.1) is 0 Å². The van der Waals surface area contributed by atoms with E-state index in [9.17, 15) is 5.11 Å². The maximum absolute atomic E-state index is 10.3. The van der Waals surface area contributed by atoms with Crippen molar-refractivity contribution in [2.24, 2.45) is 0 Å². The van der Waals surface area contributed by atoms with Crippen LogP contribution in [-0.2, 0) is 0 Å². The first-order valence-electron chi connectivity index (χ1n) is 13.3. The number of nitrogen functional groups attached to an aromatic ring is 1. The summed E-state index contributed by atoms with van der Waals surface area (Å²) in [6, 6.07) is 18.3. The summed E-state index contributed by atoms with van der Waals surface area (Å²) in [5, 5.41) is 22.2. The third-order valence-electron chi connectivity index (χ3n) is 7.82. The molecule has 3 aromatic rings. The van der Waals surface area contributed by atoms with Crippen molar-refractivity contribution >= 4 is 17.2 Å². The molecule has 2 bridgehead atoms. The van der Waals surface area contributed by atoms with Crippen LogP contribution in [0.25, 0.3) is 11.3 Å². The average molecular weight is 502 g/mol. The zero-order valence-electron chi connectivity index (χ0n) is 21.1. The van der Waals surface area contributed by atoms with Gasteiger partial charge in [0.25, 0.3) is 0 Å². The number of rotatable bonds is 7. The summed E-state index contributed by atoms with van der Waals surface area (Å²) < 4.78 is 6.34. The van der Waals surface area contributed by atoms with Gasteiger partial charge in [0, 0.05) is 63.5 Å². The number of aromatic hydroxyl groups is 1. The fourth-order valence-corrected chi connectivity index (χ4v) is 5.97. The predicted molar refractivity (Wildman–Crippen MR) is 146 cm³/mol. The number of nitrogens with zero attached hydrogens (tertiary/aromatic N) is 5. The van der Waals surface area contributed by atoms with E-state index in [0.717, 1.165) is 70.1 Å². The van der Waals surface area contributed by atoms with Gasteiger partial charge in [0.15, 0.2) is 5.82 Å². The lowest BCUT2D eigenvalue weighted by Gasteiger charge is -2.44. The van der Waals surface area contributed by atoms with Gasteiger partial charge in [-0.1, -0.05) is 24.3 Å². The molecule has 9 heteroatoms. The molecule has 3 aliphatic heterocycles. The first kappa shape index (κ1) is 23.8. The highest BCUT2D eigenvalue weighted by Crippen LogP contribution is 2.42. The van der Waals surface area contributed by atoms with Gasteiger partial charge in [0.2, 0.25) is 0 Å². The molecule has 4 heterocycles. The topological polar surface area (TPSA) is 103 Å². The number of hydrogen-bond donors (Lipinski definition) is 3. The lowest BCUT2D eigenvalue weighted by Crippen LogP contribution is -2.54. The zero-order valence-corrected chi connectivity index (χ0v) is 21.1. The Morgan fingerprint density at radius 2 is 1.68 bits per heavy atom. The number of nitrogens with one attached hydrogen (secondary N) is 1. The summed E-state index contributed by atoms with van der Waals surface area (Å²) in [5.74, 6) is 1.57. The highest BCUT2D eigenvalue weighted by Gasteiger charge is 2.41. The van der Waals surface area contributed by atoms with Crippen LogP contribution in [0.5, 0.6) is 11.5 Å². The van der Waals surface area contributed by atoms with Gasteiger partial charge in [-0.15, -0.1) is 10.2 Å². The summed E-state index contributed by atoms with van der Waals surface area (Å²) in [6.07, 6.45) is 2.25. The number of fused-ring (bicyclic) bond motifs is 2. The molecule has 0 spiro atoms. The fourth-order valence-electron chi connectivity index (χ4n) is 5.97. The predicted octanol–water partition coefficient (Wildman–Crippen LogP) is 2.57. The Morgan fingerprint density at radius 3 is 2.46 bits per heavy atom. The number of para-hydroxylation sites is 3. The van der Waals surface area contributed by atoms with Crippen LogP contribution in [0.15, 0.2) is 54.6 Å². The van der Waals surface area contributed by atoms with Crippen molar-refractivity contribution in [3.8, 4) is 22.8 Å². The number of phenolic OH excluding ortho intramolecular Hbond substituents is 1. The SMILES string of the molecule is Nc1nnc(-c2ccccc2O)cc1N1C[C@H]2CC[C@@H](C1)N2c1ccccc1OCCN1CCNCC1. The molecule has 3 fully saturated rings. The van der Waals surface area contributed by atoms with Gasteiger partial charge in [0.05, 0.1) is 17.1 Å². The first-order chi connectivity index (χ1) is 18.2. The lowest BCUT2D eigenvalue weighted by molar-refractivity contribution is 0.191. The lowest BCUT2D eigenvalue weighted by atomic mass is 10.1. The summed E-state index contributed by atoms with van der Waals surface area (Å²) in [6.45, 7) is 7.60. The normalized spacial score (nSPS) is 21.8. The van der Waals surface area contributed by atoms with Crippen molar-refractivity contribution in [2.75, 3.05) is 68.0 Å². The van der Waals surface area contributed by atoms with Crippen LogP contribution in [0.3, 0.4) is 0 Å². The molecule has 6 rings (SSSR count). The second kappa shape index (κ2) is 10.4. The van der Waals surface area contributed by atoms with E-state index >= 15 is 0 Å². The third-order valence-corrected chi connectivity index (χ3v) is 7.82. The Bertz CT molecular complexity index is 1220. The standard InChI is InChI=1S/C28H35N7O2/c29-28-25(17-23(31-32-28)22-5-1-3-7-26(22)36)34-18-20-9-10-21(19-34)35(20)24-6-2-4-8-27(24)37-16-15-33-13-11-30-12-14-33/h1-8,17,20-21,30,36H,9-16,18-19H2,(H2,29,32)/t20-,21+. The number of aromatic nitrogens is 2. The van der Waals surface area contributed by atoms with Gasteiger partial charge in [0.1, 0.15) is 18.1 Å². The number of anilines is 3. The van der Waals surface area contributed by atoms with Gasteiger partial charge in [-0.05, 0) is 43.2 Å². The molecule has 194 valence electrons. The number of hydrogen-bond acceptors (Lipinski definition) is 9.